The number of rotatable bonds is 4. The topological polar surface area (TPSA) is 43.4 Å². The standard InChI is InChI=1S/C20H17ClO3S/c1-24-20-13-15(9-12-19(20)21)18-6-4-3-5-17(18)14-7-10-16(11-8-14)25(2,22)23/h3-13H,1-2H3. The Kier molecular flexibility index (Phi) is 4.84. The number of ether oxygens (including phenoxy) is 1. The van der Waals surface area contributed by atoms with Crippen LogP contribution in [0.15, 0.2) is 71.6 Å². The van der Waals surface area contributed by atoms with Gasteiger partial charge in [-0.25, -0.2) is 8.42 Å². The van der Waals surface area contributed by atoms with Crippen LogP contribution in [0.5, 0.6) is 5.75 Å². The summed E-state index contributed by atoms with van der Waals surface area (Å²) in [6, 6.07) is 20.5. The first-order chi connectivity index (χ1) is 11.9. The molecule has 3 aromatic carbocycles. The summed E-state index contributed by atoms with van der Waals surface area (Å²) in [5.74, 6) is 0.612. The molecule has 3 rings (SSSR count). The van der Waals surface area contributed by atoms with E-state index in [4.69, 9.17) is 16.3 Å². The van der Waals surface area contributed by atoms with Crippen LogP contribution in [-0.4, -0.2) is 21.8 Å². The maximum absolute atomic E-state index is 11.6. The van der Waals surface area contributed by atoms with E-state index in [0.29, 0.717) is 15.7 Å². The molecule has 0 aliphatic rings. The van der Waals surface area contributed by atoms with Crippen LogP contribution in [0.25, 0.3) is 22.3 Å². The van der Waals surface area contributed by atoms with Crippen molar-refractivity contribution in [2.75, 3.05) is 13.4 Å². The number of halogens is 1. The van der Waals surface area contributed by atoms with Crippen molar-refractivity contribution in [2.24, 2.45) is 0 Å². The number of hydrogen-bond acceptors (Lipinski definition) is 3. The Labute approximate surface area is 152 Å². The lowest BCUT2D eigenvalue weighted by Gasteiger charge is -2.12. The molecule has 3 nitrogen and oxygen atoms in total. The SMILES string of the molecule is COc1cc(-c2ccccc2-c2ccc(S(C)(=O)=O)cc2)ccc1Cl. The summed E-state index contributed by atoms with van der Waals surface area (Å²) >= 11 is 6.12. The van der Waals surface area contributed by atoms with Crippen molar-refractivity contribution < 1.29 is 13.2 Å². The van der Waals surface area contributed by atoms with Crippen LogP contribution < -0.4 is 4.74 Å². The average molecular weight is 373 g/mol. The van der Waals surface area contributed by atoms with Gasteiger partial charge in [0.25, 0.3) is 0 Å². The van der Waals surface area contributed by atoms with E-state index in [-0.39, 0.29) is 0 Å². The molecule has 0 aliphatic heterocycles. The molecule has 0 fully saturated rings. The first-order valence-corrected chi connectivity index (χ1v) is 9.90. The fourth-order valence-corrected chi connectivity index (χ4v) is 3.52. The quantitative estimate of drug-likeness (QED) is 0.641. The molecule has 5 heteroatoms. The second-order valence-electron chi connectivity index (χ2n) is 5.69. The van der Waals surface area contributed by atoms with Gasteiger partial charge in [-0.05, 0) is 46.5 Å². The molecule has 128 valence electrons. The third-order valence-corrected chi connectivity index (χ3v) is 5.42. The zero-order valence-corrected chi connectivity index (χ0v) is 15.4. The van der Waals surface area contributed by atoms with E-state index in [9.17, 15) is 8.42 Å². The molecule has 0 aliphatic carbocycles. The number of sulfone groups is 1. The minimum absolute atomic E-state index is 0.307. The van der Waals surface area contributed by atoms with Crippen LogP contribution in [0.2, 0.25) is 5.02 Å². The van der Waals surface area contributed by atoms with Gasteiger partial charge in [-0.2, -0.15) is 0 Å². The summed E-state index contributed by atoms with van der Waals surface area (Å²) in [5, 5.41) is 0.557. The van der Waals surface area contributed by atoms with Gasteiger partial charge >= 0.3 is 0 Å². The molecule has 0 atom stereocenters. The Bertz CT molecular complexity index is 1010. The molecule has 0 amide bonds. The number of methoxy groups -OCH3 is 1. The third kappa shape index (κ3) is 3.70. The fourth-order valence-electron chi connectivity index (χ4n) is 2.70. The van der Waals surface area contributed by atoms with E-state index >= 15 is 0 Å². The maximum Gasteiger partial charge on any atom is 0.175 e. The van der Waals surface area contributed by atoms with Gasteiger partial charge in [-0.3, -0.25) is 0 Å². The predicted octanol–water partition coefficient (Wildman–Crippen LogP) is 5.09. The Morgan fingerprint density at radius 1 is 0.840 bits per heavy atom. The van der Waals surface area contributed by atoms with Crippen LogP contribution in [-0.2, 0) is 9.84 Å². The van der Waals surface area contributed by atoms with Crippen molar-refractivity contribution >= 4 is 21.4 Å². The second-order valence-corrected chi connectivity index (χ2v) is 8.11. The van der Waals surface area contributed by atoms with Gasteiger partial charge < -0.3 is 4.74 Å². The molecule has 0 N–H and O–H groups in total. The first kappa shape index (κ1) is 17.5. The lowest BCUT2D eigenvalue weighted by atomic mass is 9.94. The van der Waals surface area contributed by atoms with Crippen molar-refractivity contribution in [1.29, 1.82) is 0 Å². The molecular weight excluding hydrogens is 356 g/mol. The summed E-state index contributed by atoms with van der Waals surface area (Å²) in [6.45, 7) is 0. The van der Waals surface area contributed by atoms with E-state index in [1.165, 1.54) is 6.26 Å². The summed E-state index contributed by atoms with van der Waals surface area (Å²) in [7, 11) is -1.62. The van der Waals surface area contributed by atoms with Crippen molar-refractivity contribution in [3.63, 3.8) is 0 Å². The van der Waals surface area contributed by atoms with E-state index in [1.54, 1.807) is 25.3 Å². The summed E-state index contributed by atoms with van der Waals surface area (Å²) in [5.41, 5.74) is 3.94. The van der Waals surface area contributed by atoms with Gasteiger partial charge in [0.05, 0.1) is 17.0 Å². The molecule has 0 saturated carbocycles. The Morgan fingerprint density at radius 2 is 1.40 bits per heavy atom. The molecule has 25 heavy (non-hydrogen) atoms. The largest absolute Gasteiger partial charge is 0.495 e. The molecule has 0 bridgehead atoms. The van der Waals surface area contributed by atoms with Gasteiger partial charge in [-0.15, -0.1) is 0 Å². The second kappa shape index (κ2) is 6.90. The fraction of sp³-hybridized carbons (Fsp3) is 0.100. The van der Waals surface area contributed by atoms with Gasteiger partial charge in [0.2, 0.25) is 0 Å². The zero-order chi connectivity index (χ0) is 18.0. The zero-order valence-electron chi connectivity index (χ0n) is 13.9. The van der Waals surface area contributed by atoms with Crippen molar-refractivity contribution in [2.45, 2.75) is 4.90 Å². The van der Waals surface area contributed by atoms with Gasteiger partial charge in [0.1, 0.15) is 5.75 Å². The van der Waals surface area contributed by atoms with Crippen LogP contribution in [0.3, 0.4) is 0 Å². The normalized spacial score (nSPS) is 11.3. The predicted molar refractivity (Wildman–Crippen MR) is 102 cm³/mol. The van der Waals surface area contributed by atoms with Crippen LogP contribution >= 0.6 is 11.6 Å². The molecule has 0 unspecified atom stereocenters. The highest BCUT2D eigenvalue weighted by Gasteiger charge is 2.11. The maximum atomic E-state index is 11.6. The van der Waals surface area contributed by atoms with Gasteiger partial charge in [0.15, 0.2) is 9.84 Å². The van der Waals surface area contributed by atoms with E-state index in [0.717, 1.165) is 22.3 Å². The summed E-state index contributed by atoms with van der Waals surface area (Å²) < 4.78 is 28.6. The molecule has 0 aromatic heterocycles. The Hall–Kier alpha value is -2.30. The van der Waals surface area contributed by atoms with Gasteiger partial charge in [0, 0.05) is 6.26 Å². The first-order valence-electron chi connectivity index (χ1n) is 7.63. The lowest BCUT2D eigenvalue weighted by molar-refractivity contribution is 0.415. The summed E-state index contributed by atoms with van der Waals surface area (Å²) in [4.78, 5) is 0.307. The number of benzene rings is 3. The molecule has 0 spiro atoms. The van der Waals surface area contributed by atoms with E-state index in [2.05, 4.69) is 0 Å². The molecular formula is C20H17ClO3S. The highest BCUT2D eigenvalue weighted by molar-refractivity contribution is 7.90. The van der Waals surface area contributed by atoms with Crippen LogP contribution in [0, 0.1) is 0 Å². The number of hydrogen-bond donors (Lipinski definition) is 0. The summed E-state index contributed by atoms with van der Waals surface area (Å²) in [6.07, 6.45) is 1.20. The smallest absolute Gasteiger partial charge is 0.175 e. The van der Waals surface area contributed by atoms with Crippen LogP contribution in [0.4, 0.5) is 0 Å². The van der Waals surface area contributed by atoms with Crippen molar-refractivity contribution in [3.05, 3.63) is 71.8 Å². The molecule has 0 heterocycles. The minimum Gasteiger partial charge on any atom is -0.495 e. The monoisotopic (exact) mass is 372 g/mol. The minimum atomic E-state index is -3.21. The highest BCUT2D eigenvalue weighted by Crippen LogP contribution is 2.36. The van der Waals surface area contributed by atoms with Crippen molar-refractivity contribution in [3.8, 4) is 28.0 Å². The Balaban J connectivity index is 2.11. The van der Waals surface area contributed by atoms with Crippen molar-refractivity contribution in [1.82, 2.24) is 0 Å². The molecule has 3 aromatic rings. The molecule has 0 radical (unpaired) electrons. The molecule has 0 saturated heterocycles. The van der Waals surface area contributed by atoms with E-state index < -0.39 is 9.84 Å². The average Bonchev–Trinajstić information content (AvgIpc) is 2.61. The third-order valence-electron chi connectivity index (χ3n) is 3.98. The van der Waals surface area contributed by atoms with Gasteiger partial charge in [-0.1, -0.05) is 54.1 Å². The lowest BCUT2D eigenvalue weighted by Crippen LogP contribution is -1.96. The Morgan fingerprint density at radius 3 is 1.96 bits per heavy atom. The van der Waals surface area contributed by atoms with E-state index in [1.807, 2.05) is 48.5 Å². The highest BCUT2D eigenvalue weighted by atomic mass is 35.5. The van der Waals surface area contributed by atoms with Crippen LogP contribution in [0.1, 0.15) is 0 Å².